The van der Waals surface area contributed by atoms with Crippen molar-refractivity contribution >= 4 is 11.4 Å². The van der Waals surface area contributed by atoms with Gasteiger partial charge >= 0.3 is 21.7 Å². The van der Waals surface area contributed by atoms with Crippen LogP contribution in [0.25, 0.3) is 10.6 Å². The van der Waals surface area contributed by atoms with Crippen LogP contribution in [-0.4, -0.2) is 40.5 Å². The van der Waals surface area contributed by atoms with Gasteiger partial charge in [0.05, 0.1) is 0 Å². The molecule has 0 aliphatic carbocycles. The van der Waals surface area contributed by atoms with Crippen molar-refractivity contribution in [2.24, 2.45) is 0 Å². The van der Waals surface area contributed by atoms with Crippen molar-refractivity contribution in [2.75, 3.05) is 40.5 Å². The van der Waals surface area contributed by atoms with E-state index in [2.05, 4.69) is 36.6 Å². The zero-order valence-corrected chi connectivity index (χ0v) is 24.0. The number of ether oxygens (including phenoxy) is 2. The van der Waals surface area contributed by atoms with Crippen molar-refractivity contribution in [3.8, 4) is 0 Å². The van der Waals surface area contributed by atoms with Crippen molar-refractivity contribution in [2.45, 2.75) is 39.5 Å². The summed E-state index contributed by atoms with van der Waals surface area (Å²) in [5.74, 6) is 0. The Labute approximate surface area is 225 Å². The number of hydrogen-bond donors (Lipinski definition) is 0. The largest absolute Gasteiger partial charge is 4.00 e. The molecule has 0 saturated carbocycles. The average Bonchev–Trinajstić information content (AvgIpc) is 3.48. The Bertz CT molecular complexity index is 570. The quantitative estimate of drug-likeness (QED) is 0.487. The second-order valence-corrected chi connectivity index (χ2v) is 6.66. The summed E-state index contributed by atoms with van der Waals surface area (Å²) in [6, 6.07) is 16.2. The molecule has 0 spiro atoms. The van der Waals surface area contributed by atoms with E-state index in [1.165, 1.54) is 36.8 Å². The molecule has 2 heterocycles. The predicted octanol–water partition coefficient (Wildman–Crippen LogP) is 0.859. The molecular weight excluding hydrogens is 556 g/mol. The van der Waals surface area contributed by atoms with Gasteiger partial charge in [-0.2, -0.15) is 0 Å². The summed E-state index contributed by atoms with van der Waals surface area (Å²) in [5.41, 5.74) is 4.63. The third-order valence-corrected chi connectivity index (χ3v) is 4.37. The van der Waals surface area contributed by atoms with Crippen LogP contribution in [0.15, 0.2) is 48.5 Å². The maximum Gasteiger partial charge on any atom is 4.00 e. The number of hydrogen-bond acceptors (Lipinski definition) is 2. The second-order valence-electron chi connectivity index (χ2n) is 6.66. The summed E-state index contributed by atoms with van der Waals surface area (Å²) in [4.78, 5) is 0. The maximum absolute atomic E-state index is 4.94. The van der Waals surface area contributed by atoms with E-state index in [1.54, 1.807) is 0 Å². The Balaban J connectivity index is -0.000000337. The van der Waals surface area contributed by atoms with E-state index in [9.17, 15) is 0 Å². The number of benzene rings is 2. The molecule has 0 N–H and O–H groups in total. The van der Waals surface area contributed by atoms with Gasteiger partial charge in [-0.1, -0.05) is 59.7 Å². The van der Waals surface area contributed by atoms with E-state index in [0.717, 1.165) is 37.8 Å². The zero-order valence-electron chi connectivity index (χ0n) is 19.2. The SMILES string of the molecule is C1CCOC1.C1CCOC1.C[N-]c1ccccc1C.C[N-]c1ccccc1C.[Br-].[Br-].[Ti+4]. The van der Waals surface area contributed by atoms with Gasteiger partial charge < -0.3 is 54.1 Å². The van der Waals surface area contributed by atoms with Crippen molar-refractivity contribution in [3.05, 3.63) is 70.3 Å². The first-order chi connectivity index (χ1) is 13.7. The number of nitrogens with zero attached hydrogens (tertiary/aromatic N) is 2. The molecule has 2 aliphatic rings. The molecule has 0 atom stereocenters. The van der Waals surface area contributed by atoms with E-state index in [4.69, 9.17) is 9.47 Å². The fourth-order valence-electron chi connectivity index (χ4n) is 2.65. The van der Waals surface area contributed by atoms with Crippen LogP contribution in [-0.2, 0) is 31.2 Å². The van der Waals surface area contributed by atoms with Crippen LogP contribution in [0.5, 0.6) is 0 Å². The Kier molecular flexibility index (Phi) is 27.6. The summed E-state index contributed by atoms with van der Waals surface area (Å²) in [6.45, 7) is 8.12. The number of halogens is 2. The molecule has 172 valence electrons. The van der Waals surface area contributed by atoms with Gasteiger partial charge in [-0.15, -0.1) is 25.5 Å². The Morgan fingerprint density at radius 1 is 0.581 bits per heavy atom. The van der Waals surface area contributed by atoms with Crippen LogP contribution in [0.4, 0.5) is 11.4 Å². The first-order valence-electron chi connectivity index (χ1n) is 10.2. The van der Waals surface area contributed by atoms with Gasteiger partial charge in [0.15, 0.2) is 0 Å². The van der Waals surface area contributed by atoms with Crippen LogP contribution >= 0.6 is 0 Å². The predicted molar refractivity (Wildman–Crippen MR) is 120 cm³/mol. The number of para-hydroxylation sites is 2. The topological polar surface area (TPSA) is 46.7 Å². The fraction of sp³-hybridized carbons (Fsp3) is 0.500. The molecule has 0 amide bonds. The van der Waals surface area contributed by atoms with Crippen LogP contribution in [0.1, 0.15) is 36.8 Å². The molecule has 4 nitrogen and oxygen atoms in total. The molecule has 0 aromatic heterocycles. The molecule has 7 heteroatoms. The van der Waals surface area contributed by atoms with Gasteiger partial charge in [-0.05, 0) is 39.5 Å². The molecule has 0 radical (unpaired) electrons. The van der Waals surface area contributed by atoms with Gasteiger partial charge in [-0.25, -0.2) is 0 Å². The molecule has 2 fully saturated rings. The molecule has 2 saturated heterocycles. The number of aryl methyl sites for hydroxylation is 2. The maximum atomic E-state index is 4.94. The van der Waals surface area contributed by atoms with Crippen LogP contribution < -0.4 is 34.0 Å². The van der Waals surface area contributed by atoms with Crippen molar-refractivity contribution in [1.29, 1.82) is 0 Å². The Morgan fingerprint density at radius 2 is 0.871 bits per heavy atom. The standard InChI is InChI=1S/2C8H10N.2C4H8O.2BrH.Ti/c2*1-7-5-3-4-6-8(7)9-2;2*1-2-4-5-3-1;;;/h2*3-6H,1-2H3;2*1-4H2;2*1H;/q2*-1;;;;;+4/p-2. The van der Waals surface area contributed by atoms with Gasteiger partial charge in [0.1, 0.15) is 0 Å². The summed E-state index contributed by atoms with van der Waals surface area (Å²) in [6.07, 6.45) is 5.11. The van der Waals surface area contributed by atoms with E-state index in [1.807, 2.05) is 50.5 Å². The van der Waals surface area contributed by atoms with Crippen molar-refractivity contribution in [1.82, 2.24) is 0 Å². The van der Waals surface area contributed by atoms with Gasteiger partial charge in [0, 0.05) is 26.4 Å². The summed E-state index contributed by atoms with van der Waals surface area (Å²) in [7, 11) is 3.62. The molecular formula is C24H36Br2N2O2Ti. The molecule has 4 rings (SSSR count). The van der Waals surface area contributed by atoms with Crippen LogP contribution in [0, 0.1) is 13.8 Å². The van der Waals surface area contributed by atoms with Gasteiger partial charge in [-0.3, -0.25) is 0 Å². The van der Waals surface area contributed by atoms with E-state index >= 15 is 0 Å². The first kappa shape index (κ1) is 35.2. The Hall–Kier alpha value is -0.366. The first-order valence-corrected chi connectivity index (χ1v) is 10.2. The van der Waals surface area contributed by atoms with E-state index in [0.29, 0.717) is 0 Å². The minimum absolute atomic E-state index is 0. The molecule has 0 bridgehead atoms. The third-order valence-electron chi connectivity index (χ3n) is 4.37. The van der Waals surface area contributed by atoms with E-state index in [-0.39, 0.29) is 55.7 Å². The smallest absolute Gasteiger partial charge is 1.00 e. The zero-order chi connectivity index (χ0) is 20.5. The second kappa shape index (κ2) is 24.3. The van der Waals surface area contributed by atoms with Crippen LogP contribution in [0.3, 0.4) is 0 Å². The summed E-state index contributed by atoms with van der Waals surface area (Å²) in [5, 5.41) is 8.14. The number of rotatable bonds is 2. The van der Waals surface area contributed by atoms with Gasteiger partial charge in [0.25, 0.3) is 0 Å². The van der Waals surface area contributed by atoms with Crippen LogP contribution in [0.2, 0.25) is 0 Å². The van der Waals surface area contributed by atoms with E-state index < -0.39 is 0 Å². The molecule has 2 aromatic carbocycles. The summed E-state index contributed by atoms with van der Waals surface area (Å²) < 4.78 is 9.89. The Morgan fingerprint density at radius 3 is 1.03 bits per heavy atom. The van der Waals surface area contributed by atoms with Crippen molar-refractivity contribution < 1.29 is 65.2 Å². The average molecular weight is 592 g/mol. The minimum atomic E-state index is 0. The van der Waals surface area contributed by atoms with Gasteiger partial charge in [0.2, 0.25) is 0 Å². The third kappa shape index (κ3) is 17.8. The summed E-state index contributed by atoms with van der Waals surface area (Å²) >= 11 is 0. The molecule has 31 heavy (non-hydrogen) atoms. The molecule has 2 aromatic rings. The molecule has 0 unspecified atom stereocenters. The minimum Gasteiger partial charge on any atom is -1.00 e. The normalized spacial score (nSPS) is 13.0. The molecule has 2 aliphatic heterocycles. The van der Waals surface area contributed by atoms with Crippen molar-refractivity contribution in [3.63, 3.8) is 0 Å². The monoisotopic (exact) mass is 590 g/mol. The fourth-order valence-corrected chi connectivity index (χ4v) is 2.65.